The average Bonchev–Trinajstić information content (AvgIpc) is 2.49. The molecule has 120 valence electrons. The van der Waals surface area contributed by atoms with Crippen molar-refractivity contribution in [3.8, 4) is 0 Å². The number of benzene rings is 2. The van der Waals surface area contributed by atoms with Gasteiger partial charge in [0.05, 0.1) is 5.56 Å². The summed E-state index contributed by atoms with van der Waals surface area (Å²) in [7, 11) is 0. The molecule has 2 aromatic carbocycles. The summed E-state index contributed by atoms with van der Waals surface area (Å²) in [6.07, 6.45) is -4.53. The predicted octanol–water partition coefficient (Wildman–Crippen LogP) is 4.39. The van der Waals surface area contributed by atoms with Crippen molar-refractivity contribution in [1.29, 1.82) is 0 Å². The van der Waals surface area contributed by atoms with Crippen LogP contribution in [-0.2, 0) is 6.18 Å². The number of hydrogen-bond acceptors (Lipinski definition) is 2. The molecule has 1 amide bonds. The Morgan fingerprint density at radius 1 is 1.04 bits per heavy atom. The van der Waals surface area contributed by atoms with Gasteiger partial charge in [-0.3, -0.25) is 9.59 Å². The maximum atomic E-state index is 12.9. The van der Waals surface area contributed by atoms with Crippen LogP contribution in [0.1, 0.15) is 37.4 Å². The zero-order valence-electron chi connectivity index (χ0n) is 12.5. The molecule has 0 saturated carbocycles. The Hall–Kier alpha value is -2.63. The molecule has 0 atom stereocenters. The smallest absolute Gasteiger partial charge is 0.322 e. The zero-order valence-corrected chi connectivity index (χ0v) is 12.5. The number of nitrogens with one attached hydrogen (secondary N) is 1. The van der Waals surface area contributed by atoms with E-state index in [4.69, 9.17) is 0 Å². The van der Waals surface area contributed by atoms with E-state index < -0.39 is 23.2 Å². The van der Waals surface area contributed by atoms with Crippen molar-refractivity contribution in [2.45, 2.75) is 20.0 Å². The highest BCUT2D eigenvalue weighted by atomic mass is 19.4. The largest absolute Gasteiger partial charge is 0.417 e. The molecule has 0 bridgehead atoms. The van der Waals surface area contributed by atoms with Gasteiger partial charge in [-0.2, -0.15) is 13.2 Å². The fourth-order valence-corrected chi connectivity index (χ4v) is 2.07. The molecular formula is C17H14F3NO2. The molecular weight excluding hydrogens is 307 g/mol. The van der Waals surface area contributed by atoms with Crippen molar-refractivity contribution in [2.24, 2.45) is 0 Å². The number of hydrogen-bond donors (Lipinski definition) is 1. The van der Waals surface area contributed by atoms with Crippen molar-refractivity contribution in [2.75, 3.05) is 5.32 Å². The Morgan fingerprint density at radius 2 is 1.74 bits per heavy atom. The van der Waals surface area contributed by atoms with Gasteiger partial charge >= 0.3 is 6.18 Å². The van der Waals surface area contributed by atoms with E-state index in [0.717, 1.165) is 23.3 Å². The first-order valence-corrected chi connectivity index (χ1v) is 6.77. The quantitative estimate of drug-likeness (QED) is 0.852. The fourth-order valence-electron chi connectivity index (χ4n) is 2.07. The molecule has 0 aromatic heterocycles. The van der Waals surface area contributed by atoms with E-state index in [2.05, 4.69) is 5.32 Å². The first kappa shape index (κ1) is 16.7. The summed E-state index contributed by atoms with van der Waals surface area (Å²) < 4.78 is 38.7. The highest BCUT2D eigenvalue weighted by Crippen LogP contribution is 2.33. The van der Waals surface area contributed by atoms with Gasteiger partial charge in [0.25, 0.3) is 5.91 Å². The van der Waals surface area contributed by atoms with Gasteiger partial charge in [-0.05, 0) is 55.3 Å². The summed E-state index contributed by atoms with van der Waals surface area (Å²) >= 11 is 0. The van der Waals surface area contributed by atoms with Crippen molar-refractivity contribution < 1.29 is 22.8 Å². The van der Waals surface area contributed by atoms with E-state index in [-0.39, 0.29) is 12.0 Å². The van der Waals surface area contributed by atoms with Gasteiger partial charge < -0.3 is 5.32 Å². The maximum absolute atomic E-state index is 12.9. The number of carbonyl (C=O) groups is 2. The van der Waals surface area contributed by atoms with Crippen LogP contribution in [0.2, 0.25) is 0 Å². The lowest BCUT2D eigenvalue weighted by molar-refractivity contribution is -0.137. The Labute approximate surface area is 131 Å². The Bertz CT molecular complexity index is 767. The Balaban J connectivity index is 2.31. The van der Waals surface area contributed by atoms with Crippen molar-refractivity contribution in [3.63, 3.8) is 0 Å². The van der Waals surface area contributed by atoms with Crippen LogP contribution in [0.4, 0.5) is 18.9 Å². The predicted molar refractivity (Wildman–Crippen MR) is 80.7 cm³/mol. The Morgan fingerprint density at radius 3 is 2.30 bits per heavy atom. The molecule has 0 saturated heterocycles. The molecule has 6 heteroatoms. The number of amides is 1. The van der Waals surface area contributed by atoms with Crippen LogP contribution in [0.15, 0.2) is 36.4 Å². The molecule has 0 aliphatic heterocycles. The van der Waals surface area contributed by atoms with Gasteiger partial charge in [-0.25, -0.2) is 0 Å². The lowest BCUT2D eigenvalue weighted by Gasteiger charge is -2.12. The van der Waals surface area contributed by atoms with Crippen molar-refractivity contribution in [3.05, 3.63) is 64.2 Å². The summed E-state index contributed by atoms with van der Waals surface area (Å²) in [5, 5.41) is 2.41. The molecule has 0 radical (unpaired) electrons. The molecule has 2 rings (SSSR count). The monoisotopic (exact) mass is 321 g/mol. The van der Waals surface area contributed by atoms with Crippen LogP contribution in [0, 0.1) is 13.8 Å². The minimum Gasteiger partial charge on any atom is -0.322 e. The van der Waals surface area contributed by atoms with E-state index in [1.165, 1.54) is 6.07 Å². The molecule has 2 aromatic rings. The average molecular weight is 321 g/mol. The molecule has 3 nitrogen and oxygen atoms in total. The first-order chi connectivity index (χ1) is 10.7. The number of carbonyl (C=O) groups excluding carboxylic acids is 2. The van der Waals surface area contributed by atoms with E-state index in [1.807, 2.05) is 13.8 Å². The normalized spacial score (nSPS) is 11.2. The van der Waals surface area contributed by atoms with E-state index >= 15 is 0 Å². The van der Waals surface area contributed by atoms with Crippen LogP contribution in [0.3, 0.4) is 0 Å². The van der Waals surface area contributed by atoms with Gasteiger partial charge in [0, 0.05) is 16.8 Å². The number of rotatable bonds is 3. The number of alkyl halides is 3. The van der Waals surface area contributed by atoms with Gasteiger partial charge in [0.1, 0.15) is 0 Å². The van der Waals surface area contributed by atoms with Crippen molar-refractivity contribution >= 4 is 17.9 Å². The fraction of sp³-hybridized carbons (Fsp3) is 0.176. The van der Waals surface area contributed by atoms with Crippen molar-refractivity contribution in [1.82, 2.24) is 0 Å². The lowest BCUT2D eigenvalue weighted by Crippen LogP contribution is -2.14. The maximum Gasteiger partial charge on any atom is 0.417 e. The topological polar surface area (TPSA) is 46.2 Å². The number of halogens is 3. The molecule has 1 N–H and O–H groups in total. The van der Waals surface area contributed by atoms with Gasteiger partial charge in [0.15, 0.2) is 6.29 Å². The summed E-state index contributed by atoms with van der Waals surface area (Å²) in [5.41, 5.74) is 0.695. The van der Waals surface area contributed by atoms with Gasteiger partial charge in [-0.1, -0.05) is 6.07 Å². The summed E-state index contributed by atoms with van der Waals surface area (Å²) in [6, 6.07) is 8.07. The van der Waals surface area contributed by atoms with Gasteiger partial charge in [-0.15, -0.1) is 0 Å². The van der Waals surface area contributed by atoms with Gasteiger partial charge in [0.2, 0.25) is 0 Å². The van der Waals surface area contributed by atoms with E-state index in [0.29, 0.717) is 5.56 Å². The van der Waals surface area contributed by atoms with E-state index in [9.17, 15) is 22.8 Å². The Kier molecular flexibility index (Phi) is 4.54. The molecule has 0 fully saturated rings. The third-order valence-electron chi connectivity index (χ3n) is 3.51. The molecule has 0 heterocycles. The van der Waals surface area contributed by atoms with Crippen LogP contribution in [-0.4, -0.2) is 12.2 Å². The number of aryl methyl sites for hydroxylation is 2. The van der Waals surface area contributed by atoms with Crippen LogP contribution >= 0.6 is 0 Å². The SMILES string of the molecule is Cc1ccc(C(=O)Nc2ccc(C=O)c(C(F)(F)F)c2)cc1C. The summed E-state index contributed by atoms with van der Waals surface area (Å²) in [5.74, 6) is -0.514. The standard InChI is InChI=1S/C17H14F3NO2/c1-10-3-4-12(7-11(10)2)16(23)21-14-6-5-13(9-22)15(8-14)17(18,19)20/h3-9H,1-2H3,(H,21,23). The van der Waals surface area contributed by atoms with E-state index in [1.54, 1.807) is 18.2 Å². The van der Waals surface area contributed by atoms with Crippen LogP contribution in [0.5, 0.6) is 0 Å². The number of aldehydes is 1. The highest BCUT2D eigenvalue weighted by molar-refractivity contribution is 6.04. The molecule has 0 spiro atoms. The second kappa shape index (κ2) is 6.24. The second-order valence-electron chi connectivity index (χ2n) is 5.17. The molecule has 0 aliphatic rings. The summed E-state index contributed by atoms with van der Waals surface area (Å²) in [6.45, 7) is 3.73. The molecule has 0 aliphatic carbocycles. The summed E-state index contributed by atoms with van der Waals surface area (Å²) in [4.78, 5) is 22.8. The minimum absolute atomic E-state index is 0.0221. The lowest BCUT2D eigenvalue weighted by atomic mass is 10.0. The number of anilines is 1. The third-order valence-corrected chi connectivity index (χ3v) is 3.51. The van der Waals surface area contributed by atoms with Crippen LogP contribution in [0.25, 0.3) is 0 Å². The second-order valence-corrected chi connectivity index (χ2v) is 5.17. The minimum atomic E-state index is -4.67. The molecule has 0 unspecified atom stereocenters. The molecule has 23 heavy (non-hydrogen) atoms. The zero-order chi connectivity index (χ0) is 17.2. The third kappa shape index (κ3) is 3.77. The van der Waals surface area contributed by atoms with Crippen LogP contribution < -0.4 is 5.32 Å². The highest BCUT2D eigenvalue weighted by Gasteiger charge is 2.33. The first-order valence-electron chi connectivity index (χ1n) is 6.77.